The van der Waals surface area contributed by atoms with Gasteiger partial charge in [0.1, 0.15) is 0 Å². The number of fused-ring (bicyclic) bond motifs is 1. The molecule has 3 aromatic rings. The maximum absolute atomic E-state index is 6.30. The van der Waals surface area contributed by atoms with Crippen molar-refractivity contribution in [1.82, 2.24) is 14.9 Å². The molecule has 0 aliphatic heterocycles. The molecule has 2 aromatic carbocycles. The number of nitrogens with zero attached hydrogens (tertiary/aromatic N) is 2. The largest absolute Gasteiger partial charge is 0.329 e. The van der Waals surface area contributed by atoms with E-state index in [1.807, 2.05) is 43.7 Å². The summed E-state index contributed by atoms with van der Waals surface area (Å²) in [5.41, 5.74) is 3.09. The number of imidazole rings is 1. The molecule has 0 amide bonds. The van der Waals surface area contributed by atoms with Crippen LogP contribution in [0.2, 0.25) is 10.0 Å². The molecular weight excluding hydrogens is 305 g/mol. The minimum atomic E-state index is 0.0637. The van der Waals surface area contributed by atoms with E-state index in [4.69, 9.17) is 23.2 Å². The van der Waals surface area contributed by atoms with Crippen LogP contribution in [-0.4, -0.2) is 16.6 Å². The van der Waals surface area contributed by atoms with E-state index in [2.05, 4.69) is 20.9 Å². The van der Waals surface area contributed by atoms with E-state index in [-0.39, 0.29) is 6.04 Å². The van der Waals surface area contributed by atoms with Gasteiger partial charge in [-0.15, -0.1) is 0 Å². The fourth-order valence-corrected chi connectivity index (χ4v) is 2.91. The maximum atomic E-state index is 6.30. The van der Waals surface area contributed by atoms with Gasteiger partial charge in [0.2, 0.25) is 0 Å². The molecule has 3 rings (SSSR count). The standard InChI is InChI=1S/C16H15Cl2N3/c1-19-15(12-8-11(17)6-7-13(12)18)9-21-10-20-14-4-2-3-5-16(14)21/h2-8,10,15,19H,9H2,1H3. The Bertz CT molecular complexity index is 767. The summed E-state index contributed by atoms with van der Waals surface area (Å²) >= 11 is 12.4. The highest BCUT2D eigenvalue weighted by molar-refractivity contribution is 6.33. The SMILES string of the molecule is CNC(Cn1cnc2ccccc21)c1cc(Cl)ccc1Cl. The molecular formula is C16H15Cl2N3. The molecule has 0 bridgehead atoms. The van der Waals surface area contributed by atoms with Gasteiger partial charge in [0, 0.05) is 16.6 Å². The normalized spacial score (nSPS) is 12.7. The molecule has 0 spiro atoms. The lowest BCUT2D eigenvalue weighted by atomic mass is 10.1. The van der Waals surface area contributed by atoms with E-state index in [9.17, 15) is 0 Å². The molecule has 1 N–H and O–H groups in total. The molecule has 0 saturated carbocycles. The molecule has 1 atom stereocenters. The van der Waals surface area contributed by atoms with Gasteiger partial charge < -0.3 is 9.88 Å². The Balaban J connectivity index is 1.96. The van der Waals surface area contributed by atoms with Crippen molar-refractivity contribution in [3.8, 4) is 0 Å². The van der Waals surface area contributed by atoms with Gasteiger partial charge in [-0.2, -0.15) is 0 Å². The summed E-state index contributed by atoms with van der Waals surface area (Å²) in [5, 5.41) is 4.69. The van der Waals surface area contributed by atoms with Crippen LogP contribution in [0.3, 0.4) is 0 Å². The Hall–Kier alpha value is -1.55. The molecule has 3 nitrogen and oxygen atoms in total. The summed E-state index contributed by atoms with van der Waals surface area (Å²) in [6.45, 7) is 0.733. The summed E-state index contributed by atoms with van der Waals surface area (Å²) in [6, 6.07) is 13.7. The van der Waals surface area contributed by atoms with Crippen molar-refractivity contribution in [2.75, 3.05) is 7.05 Å². The molecule has 0 radical (unpaired) electrons. The topological polar surface area (TPSA) is 29.9 Å². The van der Waals surface area contributed by atoms with Crippen LogP contribution in [0.1, 0.15) is 11.6 Å². The Morgan fingerprint density at radius 1 is 1.19 bits per heavy atom. The number of nitrogens with one attached hydrogen (secondary N) is 1. The molecule has 108 valence electrons. The zero-order chi connectivity index (χ0) is 14.8. The molecule has 1 heterocycles. The second-order valence-corrected chi connectivity index (χ2v) is 5.74. The van der Waals surface area contributed by atoms with Crippen molar-refractivity contribution in [3.05, 3.63) is 64.4 Å². The van der Waals surface area contributed by atoms with Gasteiger partial charge in [0.05, 0.1) is 23.4 Å². The first-order valence-corrected chi connectivity index (χ1v) is 7.46. The summed E-state index contributed by atoms with van der Waals surface area (Å²) in [7, 11) is 1.92. The van der Waals surface area contributed by atoms with E-state index >= 15 is 0 Å². The van der Waals surface area contributed by atoms with E-state index in [0.29, 0.717) is 10.0 Å². The zero-order valence-electron chi connectivity index (χ0n) is 11.6. The van der Waals surface area contributed by atoms with Gasteiger partial charge in [-0.1, -0.05) is 35.3 Å². The third kappa shape index (κ3) is 2.91. The lowest BCUT2D eigenvalue weighted by Gasteiger charge is -2.19. The van der Waals surface area contributed by atoms with Crippen molar-refractivity contribution in [3.63, 3.8) is 0 Å². The highest BCUT2D eigenvalue weighted by atomic mass is 35.5. The predicted octanol–water partition coefficient (Wildman–Crippen LogP) is 4.30. The summed E-state index contributed by atoms with van der Waals surface area (Å²) < 4.78 is 2.12. The second kappa shape index (κ2) is 6.06. The van der Waals surface area contributed by atoms with Crippen molar-refractivity contribution < 1.29 is 0 Å². The van der Waals surface area contributed by atoms with Gasteiger partial charge in [0.25, 0.3) is 0 Å². The number of hydrogen-bond acceptors (Lipinski definition) is 2. The first-order chi connectivity index (χ1) is 10.2. The van der Waals surface area contributed by atoms with Crippen LogP contribution in [0.25, 0.3) is 11.0 Å². The van der Waals surface area contributed by atoms with E-state index < -0.39 is 0 Å². The van der Waals surface area contributed by atoms with Crippen LogP contribution in [0.5, 0.6) is 0 Å². The monoisotopic (exact) mass is 319 g/mol. The van der Waals surface area contributed by atoms with Crippen LogP contribution in [0.4, 0.5) is 0 Å². The highest BCUT2D eigenvalue weighted by Crippen LogP contribution is 2.28. The second-order valence-electron chi connectivity index (χ2n) is 4.89. The lowest BCUT2D eigenvalue weighted by Crippen LogP contribution is -2.22. The Kier molecular flexibility index (Phi) is 4.15. The van der Waals surface area contributed by atoms with E-state index in [0.717, 1.165) is 23.1 Å². The van der Waals surface area contributed by atoms with E-state index in [1.54, 1.807) is 6.07 Å². The van der Waals surface area contributed by atoms with Crippen LogP contribution >= 0.6 is 23.2 Å². The van der Waals surface area contributed by atoms with Crippen LogP contribution in [-0.2, 0) is 6.54 Å². The highest BCUT2D eigenvalue weighted by Gasteiger charge is 2.15. The molecule has 1 aromatic heterocycles. The maximum Gasteiger partial charge on any atom is 0.0958 e. The molecule has 21 heavy (non-hydrogen) atoms. The first-order valence-electron chi connectivity index (χ1n) is 6.71. The van der Waals surface area contributed by atoms with E-state index in [1.165, 1.54) is 0 Å². The van der Waals surface area contributed by atoms with Gasteiger partial charge in [-0.05, 0) is 42.9 Å². The average Bonchev–Trinajstić information content (AvgIpc) is 2.91. The van der Waals surface area contributed by atoms with Gasteiger partial charge in [-0.3, -0.25) is 0 Å². The number of para-hydroxylation sites is 2. The smallest absolute Gasteiger partial charge is 0.0958 e. The number of aromatic nitrogens is 2. The molecule has 0 aliphatic carbocycles. The summed E-state index contributed by atoms with van der Waals surface area (Å²) in [6.07, 6.45) is 1.85. The Labute approximate surface area is 133 Å². The molecule has 5 heteroatoms. The zero-order valence-corrected chi connectivity index (χ0v) is 13.1. The molecule has 0 fully saturated rings. The van der Waals surface area contributed by atoms with Crippen LogP contribution in [0, 0.1) is 0 Å². The van der Waals surface area contributed by atoms with Gasteiger partial charge in [-0.25, -0.2) is 4.98 Å². The Morgan fingerprint density at radius 3 is 2.81 bits per heavy atom. The first kappa shape index (κ1) is 14.4. The lowest BCUT2D eigenvalue weighted by molar-refractivity contribution is 0.508. The van der Waals surface area contributed by atoms with Crippen molar-refractivity contribution in [2.24, 2.45) is 0 Å². The third-order valence-electron chi connectivity index (χ3n) is 3.59. The molecule has 0 aliphatic rings. The van der Waals surface area contributed by atoms with Crippen molar-refractivity contribution in [1.29, 1.82) is 0 Å². The van der Waals surface area contributed by atoms with Crippen LogP contribution in [0.15, 0.2) is 48.8 Å². The fraction of sp³-hybridized carbons (Fsp3) is 0.188. The summed E-state index contributed by atoms with van der Waals surface area (Å²) in [4.78, 5) is 4.42. The average molecular weight is 320 g/mol. The van der Waals surface area contributed by atoms with Crippen molar-refractivity contribution >= 4 is 34.2 Å². The minimum absolute atomic E-state index is 0.0637. The molecule has 0 saturated heterocycles. The quantitative estimate of drug-likeness (QED) is 0.776. The summed E-state index contributed by atoms with van der Waals surface area (Å²) in [5.74, 6) is 0. The van der Waals surface area contributed by atoms with Crippen molar-refractivity contribution in [2.45, 2.75) is 12.6 Å². The minimum Gasteiger partial charge on any atom is -0.329 e. The third-order valence-corrected chi connectivity index (χ3v) is 4.17. The number of halogens is 2. The Morgan fingerprint density at radius 2 is 2.00 bits per heavy atom. The van der Waals surface area contributed by atoms with Gasteiger partial charge >= 0.3 is 0 Å². The van der Waals surface area contributed by atoms with Crippen LogP contribution < -0.4 is 5.32 Å². The molecule has 1 unspecified atom stereocenters. The number of benzene rings is 2. The number of likely N-dealkylation sites (N-methyl/N-ethyl adjacent to an activating group) is 1. The van der Waals surface area contributed by atoms with Gasteiger partial charge in [0.15, 0.2) is 0 Å². The number of hydrogen-bond donors (Lipinski definition) is 1. The predicted molar refractivity (Wildman–Crippen MR) is 88.0 cm³/mol. The number of rotatable bonds is 4. The fourth-order valence-electron chi connectivity index (χ4n) is 2.48.